The van der Waals surface area contributed by atoms with Gasteiger partial charge in [0.25, 0.3) is 0 Å². The molecule has 2 rings (SSSR count). The van der Waals surface area contributed by atoms with Gasteiger partial charge < -0.3 is 20.1 Å². The maximum atomic E-state index is 13.3. The fourth-order valence-corrected chi connectivity index (χ4v) is 2.14. The summed E-state index contributed by atoms with van der Waals surface area (Å²) in [6.45, 7) is 1.33. The molecule has 0 amide bonds. The van der Waals surface area contributed by atoms with Gasteiger partial charge in [0, 0.05) is 11.9 Å². The first-order valence-electron chi connectivity index (χ1n) is 6.45. The Labute approximate surface area is 133 Å². The number of benzene rings is 1. The molecule has 1 aromatic carbocycles. The van der Waals surface area contributed by atoms with Crippen LogP contribution >= 0.6 is 0 Å². The molecule has 0 saturated carbocycles. The molecule has 128 valence electrons. The van der Waals surface area contributed by atoms with Gasteiger partial charge in [0.1, 0.15) is 5.82 Å². The number of nitrogens with two attached hydrogens (primary N) is 1. The number of alkyl halides is 3. The molecule has 2 aromatic rings. The number of hydrogen-bond donors (Lipinski definition) is 2. The summed E-state index contributed by atoms with van der Waals surface area (Å²) in [7, 11) is 1.06. The van der Waals surface area contributed by atoms with Gasteiger partial charge in [0.2, 0.25) is 0 Å². The normalized spacial score (nSPS) is 11.4. The van der Waals surface area contributed by atoms with Crippen LogP contribution in [0.25, 0.3) is 5.69 Å². The fraction of sp³-hybridized carbons (Fsp3) is 0.214. The average molecular weight is 343 g/mol. The van der Waals surface area contributed by atoms with Gasteiger partial charge in [-0.05, 0) is 19.1 Å². The van der Waals surface area contributed by atoms with Crippen molar-refractivity contribution in [3.05, 3.63) is 41.0 Å². The van der Waals surface area contributed by atoms with Gasteiger partial charge in [-0.2, -0.15) is 13.2 Å². The lowest BCUT2D eigenvalue weighted by Gasteiger charge is -2.17. The summed E-state index contributed by atoms with van der Waals surface area (Å²) in [4.78, 5) is 26.3. The van der Waals surface area contributed by atoms with Gasteiger partial charge in [-0.15, -0.1) is 0 Å². The van der Waals surface area contributed by atoms with E-state index in [-0.39, 0.29) is 11.4 Å². The number of carboxylic acid groups (broad SMARTS) is 1. The molecule has 1 aromatic heterocycles. The number of aryl methyl sites for hydroxylation is 1. The minimum absolute atomic E-state index is 0.00140. The van der Waals surface area contributed by atoms with E-state index in [2.05, 4.69) is 9.72 Å². The minimum atomic E-state index is -4.78. The molecule has 0 unspecified atom stereocenters. The zero-order valence-corrected chi connectivity index (χ0v) is 12.5. The molecule has 0 radical (unpaired) electrons. The van der Waals surface area contributed by atoms with E-state index in [1.807, 2.05) is 0 Å². The molecule has 0 bridgehead atoms. The molecule has 0 fully saturated rings. The highest BCUT2D eigenvalue weighted by molar-refractivity contribution is 5.96. The molecule has 7 nitrogen and oxygen atoms in total. The second-order valence-electron chi connectivity index (χ2n) is 4.79. The van der Waals surface area contributed by atoms with Crippen molar-refractivity contribution in [1.29, 1.82) is 0 Å². The second-order valence-corrected chi connectivity index (χ2v) is 4.79. The summed E-state index contributed by atoms with van der Waals surface area (Å²) >= 11 is 0. The molecule has 0 aliphatic carbocycles. The Morgan fingerprint density at radius 3 is 2.42 bits per heavy atom. The molecular weight excluding hydrogens is 331 g/mol. The van der Waals surface area contributed by atoms with Gasteiger partial charge in [-0.25, -0.2) is 14.6 Å². The lowest BCUT2D eigenvalue weighted by molar-refractivity contribution is -0.137. The van der Waals surface area contributed by atoms with Crippen LogP contribution in [0, 0.1) is 6.92 Å². The second kappa shape index (κ2) is 5.87. The number of methoxy groups -OCH3 is 1. The van der Waals surface area contributed by atoms with Crippen molar-refractivity contribution in [3.63, 3.8) is 0 Å². The number of halogens is 3. The predicted octanol–water partition coefficient (Wildman–Crippen LogP) is 2.27. The van der Waals surface area contributed by atoms with Gasteiger partial charge in [0.15, 0.2) is 5.69 Å². The fourth-order valence-electron chi connectivity index (χ4n) is 2.14. The Morgan fingerprint density at radius 1 is 1.33 bits per heavy atom. The predicted molar refractivity (Wildman–Crippen MR) is 76.0 cm³/mol. The molecule has 10 heteroatoms. The average Bonchev–Trinajstić information content (AvgIpc) is 2.87. The third-order valence-corrected chi connectivity index (χ3v) is 3.24. The van der Waals surface area contributed by atoms with E-state index >= 15 is 0 Å². The molecule has 3 N–H and O–H groups in total. The van der Waals surface area contributed by atoms with E-state index in [1.54, 1.807) is 0 Å². The van der Waals surface area contributed by atoms with E-state index in [1.165, 1.54) is 6.92 Å². The summed E-state index contributed by atoms with van der Waals surface area (Å²) in [6.07, 6.45) is -3.85. The first-order valence-corrected chi connectivity index (χ1v) is 6.45. The van der Waals surface area contributed by atoms with Gasteiger partial charge in [-0.3, -0.25) is 0 Å². The number of rotatable bonds is 3. The molecule has 0 spiro atoms. The number of imidazole rings is 1. The van der Waals surface area contributed by atoms with Crippen molar-refractivity contribution in [2.24, 2.45) is 0 Å². The van der Waals surface area contributed by atoms with Crippen LogP contribution in [0.4, 0.5) is 18.9 Å². The largest absolute Gasteiger partial charge is 0.476 e. The molecule has 0 aliphatic rings. The molecule has 0 atom stereocenters. The number of nitrogens with zero attached hydrogens (tertiary/aromatic N) is 2. The van der Waals surface area contributed by atoms with Crippen molar-refractivity contribution in [3.8, 4) is 5.69 Å². The summed E-state index contributed by atoms with van der Waals surface area (Å²) in [5.41, 5.74) is 2.79. The third-order valence-electron chi connectivity index (χ3n) is 3.24. The van der Waals surface area contributed by atoms with E-state index in [4.69, 9.17) is 10.8 Å². The first-order chi connectivity index (χ1) is 11.1. The summed E-state index contributed by atoms with van der Waals surface area (Å²) in [5.74, 6) is -2.31. The van der Waals surface area contributed by atoms with Gasteiger partial charge >= 0.3 is 18.1 Å². The quantitative estimate of drug-likeness (QED) is 0.654. The lowest BCUT2D eigenvalue weighted by atomic mass is 10.1. The standard InChI is InChI=1S/C14H12F3N3O4/c1-6-19-10(12(21)22)5-20(6)11-3-7(13(23)24-2)9(18)4-8(11)14(15,16)17/h3-5H,18H2,1-2H3,(H,21,22). The molecule has 0 saturated heterocycles. The van der Waals surface area contributed by atoms with Gasteiger partial charge in [-0.1, -0.05) is 0 Å². The summed E-state index contributed by atoms with van der Waals surface area (Å²) in [6, 6.07) is 1.49. The Kier molecular flexibility index (Phi) is 4.24. The minimum Gasteiger partial charge on any atom is -0.476 e. The van der Waals surface area contributed by atoms with Crippen molar-refractivity contribution in [1.82, 2.24) is 9.55 Å². The lowest BCUT2D eigenvalue weighted by Crippen LogP contribution is -2.15. The Hall–Kier alpha value is -3.04. The topological polar surface area (TPSA) is 107 Å². The van der Waals surface area contributed by atoms with Crippen LogP contribution in [0.3, 0.4) is 0 Å². The van der Waals surface area contributed by atoms with E-state index in [0.717, 1.165) is 23.9 Å². The number of aromatic carboxylic acids is 1. The maximum absolute atomic E-state index is 13.3. The van der Waals surface area contributed by atoms with Crippen LogP contribution in [0.15, 0.2) is 18.3 Å². The highest BCUT2D eigenvalue weighted by Crippen LogP contribution is 2.37. The van der Waals surface area contributed by atoms with Crippen LogP contribution < -0.4 is 5.73 Å². The van der Waals surface area contributed by atoms with E-state index in [9.17, 15) is 22.8 Å². The number of carbonyl (C=O) groups excluding carboxylic acids is 1. The van der Waals surface area contributed by atoms with Crippen LogP contribution in [0.5, 0.6) is 0 Å². The molecule has 1 heterocycles. The van der Waals surface area contributed by atoms with Crippen LogP contribution in [-0.2, 0) is 10.9 Å². The maximum Gasteiger partial charge on any atom is 0.418 e. The SMILES string of the molecule is COC(=O)c1cc(-n2cc(C(=O)O)nc2C)c(C(F)(F)F)cc1N. The molecule has 0 aliphatic heterocycles. The Morgan fingerprint density at radius 2 is 1.96 bits per heavy atom. The zero-order valence-electron chi connectivity index (χ0n) is 12.5. The Bertz CT molecular complexity index is 827. The molecular formula is C14H12F3N3O4. The smallest absolute Gasteiger partial charge is 0.418 e. The number of carboxylic acids is 1. The highest BCUT2D eigenvalue weighted by atomic mass is 19.4. The van der Waals surface area contributed by atoms with Crippen molar-refractivity contribution < 1.29 is 32.6 Å². The monoisotopic (exact) mass is 343 g/mol. The summed E-state index contributed by atoms with van der Waals surface area (Å²) in [5, 5.41) is 8.93. The van der Waals surface area contributed by atoms with E-state index in [0.29, 0.717) is 6.07 Å². The van der Waals surface area contributed by atoms with Crippen molar-refractivity contribution in [2.75, 3.05) is 12.8 Å². The zero-order chi connectivity index (χ0) is 18.2. The number of nitrogen functional groups attached to an aromatic ring is 1. The molecule has 24 heavy (non-hydrogen) atoms. The van der Waals surface area contributed by atoms with Crippen LogP contribution in [0.1, 0.15) is 32.2 Å². The third kappa shape index (κ3) is 3.03. The number of hydrogen-bond acceptors (Lipinski definition) is 5. The van der Waals surface area contributed by atoms with Crippen molar-refractivity contribution >= 4 is 17.6 Å². The number of esters is 1. The Balaban J connectivity index is 2.79. The van der Waals surface area contributed by atoms with E-state index < -0.39 is 40.7 Å². The highest BCUT2D eigenvalue weighted by Gasteiger charge is 2.36. The number of aromatic nitrogens is 2. The first kappa shape index (κ1) is 17.3. The van der Waals surface area contributed by atoms with Crippen LogP contribution in [-0.4, -0.2) is 33.7 Å². The number of carbonyl (C=O) groups is 2. The van der Waals surface area contributed by atoms with Crippen LogP contribution in [0.2, 0.25) is 0 Å². The number of ether oxygens (including phenoxy) is 1. The van der Waals surface area contributed by atoms with Gasteiger partial charge in [0.05, 0.1) is 23.9 Å². The number of anilines is 1. The summed E-state index contributed by atoms with van der Waals surface area (Å²) < 4.78 is 45.3. The van der Waals surface area contributed by atoms with Crippen molar-refractivity contribution in [2.45, 2.75) is 13.1 Å².